The van der Waals surface area contributed by atoms with Crippen LogP contribution in [0.4, 0.5) is 11.4 Å². The summed E-state index contributed by atoms with van der Waals surface area (Å²) in [5, 5.41) is 7.48. The molecule has 0 aliphatic carbocycles. The van der Waals surface area contributed by atoms with Crippen LogP contribution in [0, 0.1) is 5.92 Å². The third-order valence-corrected chi connectivity index (χ3v) is 5.47. The van der Waals surface area contributed by atoms with E-state index in [4.69, 9.17) is 5.73 Å². The quantitative estimate of drug-likeness (QED) is 0.672. The molecule has 8 nitrogen and oxygen atoms in total. The predicted molar refractivity (Wildman–Crippen MR) is 115 cm³/mol. The van der Waals surface area contributed by atoms with Gasteiger partial charge in [0.15, 0.2) is 0 Å². The zero-order valence-electron chi connectivity index (χ0n) is 16.5. The van der Waals surface area contributed by atoms with Crippen molar-refractivity contribution >= 4 is 34.1 Å². The summed E-state index contributed by atoms with van der Waals surface area (Å²) in [6.45, 7) is 1.57. The number of carbonyl (C=O) groups excluding carboxylic acids is 2. The van der Waals surface area contributed by atoms with Gasteiger partial charge in [-0.1, -0.05) is 12.1 Å². The molecule has 3 aromatic rings. The Balaban J connectivity index is 1.40. The number of rotatable bonds is 5. The highest BCUT2D eigenvalue weighted by molar-refractivity contribution is 5.91. The lowest BCUT2D eigenvalue weighted by atomic mass is 9.96. The second-order valence-electron chi connectivity index (χ2n) is 7.44. The molecule has 1 aliphatic heterocycles. The molecule has 3 N–H and O–H groups in total. The third-order valence-electron chi connectivity index (χ3n) is 5.47. The van der Waals surface area contributed by atoms with E-state index >= 15 is 0 Å². The van der Waals surface area contributed by atoms with Gasteiger partial charge in [-0.3, -0.25) is 19.1 Å². The minimum absolute atomic E-state index is 0.00315. The Morgan fingerprint density at radius 2 is 1.77 bits per heavy atom. The predicted octanol–water partition coefficient (Wildman–Crippen LogP) is 1.74. The SMILES string of the molecule is NC(=O)C1CCN(c2ccc(NC(=O)Cn3ncc(=O)c4ccccc43)cc2)CC1. The maximum Gasteiger partial charge on any atom is 0.246 e. The summed E-state index contributed by atoms with van der Waals surface area (Å²) in [7, 11) is 0. The number of benzene rings is 2. The molecule has 1 aromatic heterocycles. The van der Waals surface area contributed by atoms with Gasteiger partial charge in [0, 0.05) is 35.8 Å². The number of hydrogen-bond acceptors (Lipinski definition) is 5. The molecule has 2 heterocycles. The zero-order chi connectivity index (χ0) is 21.1. The second-order valence-corrected chi connectivity index (χ2v) is 7.44. The van der Waals surface area contributed by atoms with E-state index < -0.39 is 0 Å². The smallest absolute Gasteiger partial charge is 0.246 e. The highest BCUT2D eigenvalue weighted by Crippen LogP contribution is 2.24. The molecule has 0 saturated carbocycles. The Labute approximate surface area is 173 Å². The van der Waals surface area contributed by atoms with E-state index in [1.807, 2.05) is 30.3 Å². The highest BCUT2D eigenvalue weighted by Gasteiger charge is 2.23. The topological polar surface area (TPSA) is 110 Å². The van der Waals surface area contributed by atoms with Gasteiger partial charge < -0.3 is 16.0 Å². The van der Waals surface area contributed by atoms with Gasteiger partial charge >= 0.3 is 0 Å². The number of fused-ring (bicyclic) bond motifs is 1. The normalized spacial score (nSPS) is 14.6. The molecule has 2 aromatic carbocycles. The molecule has 2 amide bonds. The Morgan fingerprint density at radius 1 is 1.07 bits per heavy atom. The van der Waals surface area contributed by atoms with Gasteiger partial charge in [-0.15, -0.1) is 0 Å². The fraction of sp³-hybridized carbons (Fsp3) is 0.273. The summed E-state index contributed by atoms with van der Waals surface area (Å²) >= 11 is 0. The van der Waals surface area contributed by atoms with Crippen molar-refractivity contribution in [2.45, 2.75) is 19.4 Å². The number of piperidine rings is 1. The molecule has 1 saturated heterocycles. The monoisotopic (exact) mass is 405 g/mol. The lowest BCUT2D eigenvalue weighted by molar-refractivity contribution is -0.122. The van der Waals surface area contributed by atoms with Gasteiger partial charge in [0.2, 0.25) is 17.2 Å². The summed E-state index contributed by atoms with van der Waals surface area (Å²) < 4.78 is 1.52. The van der Waals surface area contributed by atoms with Crippen LogP contribution in [-0.2, 0) is 16.1 Å². The van der Waals surface area contributed by atoms with E-state index in [-0.39, 0.29) is 29.7 Å². The largest absolute Gasteiger partial charge is 0.371 e. The van der Waals surface area contributed by atoms with Crippen LogP contribution >= 0.6 is 0 Å². The Morgan fingerprint density at radius 3 is 2.47 bits per heavy atom. The zero-order valence-corrected chi connectivity index (χ0v) is 16.5. The van der Waals surface area contributed by atoms with Crippen molar-refractivity contribution in [3.05, 3.63) is 65.0 Å². The molecule has 8 heteroatoms. The third kappa shape index (κ3) is 4.17. The van der Waals surface area contributed by atoms with Crippen LogP contribution in [0.1, 0.15) is 12.8 Å². The molecule has 0 spiro atoms. The van der Waals surface area contributed by atoms with Gasteiger partial charge in [-0.2, -0.15) is 5.10 Å². The van der Waals surface area contributed by atoms with Gasteiger partial charge in [0.1, 0.15) is 6.54 Å². The van der Waals surface area contributed by atoms with Crippen LogP contribution in [0.3, 0.4) is 0 Å². The molecule has 1 fully saturated rings. The van der Waals surface area contributed by atoms with Crippen LogP contribution in [0.25, 0.3) is 10.9 Å². The molecule has 0 bridgehead atoms. The van der Waals surface area contributed by atoms with Gasteiger partial charge in [0.05, 0.1) is 11.7 Å². The van der Waals surface area contributed by atoms with Crippen LogP contribution in [0.15, 0.2) is 59.5 Å². The number of anilines is 2. The van der Waals surface area contributed by atoms with Crippen molar-refractivity contribution in [2.24, 2.45) is 11.7 Å². The molecule has 30 heavy (non-hydrogen) atoms. The molecule has 0 radical (unpaired) electrons. The molecule has 0 unspecified atom stereocenters. The van der Waals surface area contributed by atoms with Gasteiger partial charge in [-0.25, -0.2) is 0 Å². The number of aromatic nitrogens is 2. The number of nitrogens with one attached hydrogen (secondary N) is 1. The summed E-state index contributed by atoms with van der Waals surface area (Å²) in [6, 6.07) is 14.7. The average molecular weight is 405 g/mol. The van der Waals surface area contributed by atoms with Crippen molar-refractivity contribution in [1.29, 1.82) is 0 Å². The van der Waals surface area contributed by atoms with Crippen molar-refractivity contribution in [1.82, 2.24) is 9.78 Å². The number of hydrogen-bond donors (Lipinski definition) is 2. The molecule has 4 rings (SSSR count). The Kier molecular flexibility index (Phi) is 5.47. The van der Waals surface area contributed by atoms with Crippen LogP contribution in [-0.4, -0.2) is 34.7 Å². The van der Waals surface area contributed by atoms with Crippen molar-refractivity contribution in [3.8, 4) is 0 Å². The van der Waals surface area contributed by atoms with E-state index in [2.05, 4.69) is 15.3 Å². The van der Waals surface area contributed by atoms with Crippen LogP contribution in [0.2, 0.25) is 0 Å². The number of para-hydroxylation sites is 1. The minimum Gasteiger partial charge on any atom is -0.371 e. The number of carbonyl (C=O) groups is 2. The molecule has 0 atom stereocenters. The summed E-state index contributed by atoms with van der Waals surface area (Å²) in [6.07, 6.45) is 2.74. The van der Waals surface area contributed by atoms with E-state index in [0.29, 0.717) is 16.6 Å². The molecular formula is C22H23N5O3. The molecular weight excluding hydrogens is 382 g/mol. The maximum absolute atomic E-state index is 12.5. The van der Waals surface area contributed by atoms with E-state index in [0.717, 1.165) is 31.6 Å². The van der Waals surface area contributed by atoms with E-state index in [1.54, 1.807) is 18.2 Å². The minimum atomic E-state index is -0.230. The first kappa shape index (κ1) is 19.6. The number of primary amides is 1. The second kappa shape index (κ2) is 8.36. The summed E-state index contributed by atoms with van der Waals surface area (Å²) in [5.74, 6) is -0.498. The first-order chi connectivity index (χ1) is 14.5. The van der Waals surface area contributed by atoms with Gasteiger partial charge in [0.25, 0.3) is 0 Å². The lowest BCUT2D eigenvalue weighted by Gasteiger charge is -2.32. The number of nitrogens with zero attached hydrogens (tertiary/aromatic N) is 3. The average Bonchev–Trinajstić information content (AvgIpc) is 2.76. The number of amides is 2. The standard InChI is InChI=1S/C22H23N5O3/c23-22(30)15-9-11-26(12-10-15)17-7-5-16(6-8-17)25-21(29)14-27-19-4-2-1-3-18(19)20(28)13-24-27/h1-8,13,15H,9-12,14H2,(H2,23,30)(H,25,29). The first-order valence-electron chi connectivity index (χ1n) is 9.90. The lowest BCUT2D eigenvalue weighted by Crippen LogP contribution is -2.38. The van der Waals surface area contributed by atoms with Crippen LogP contribution < -0.4 is 21.4 Å². The summed E-state index contributed by atoms with van der Waals surface area (Å²) in [5.41, 5.74) is 7.57. The van der Waals surface area contributed by atoms with Crippen LogP contribution in [0.5, 0.6) is 0 Å². The number of nitrogens with two attached hydrogens (primary N) is 1. The fourth-order valence-electron chi connectivity index (χ4n) is 3.80. The first-order valence-corrected chi connectivity index (χ1v) is 9.90. The Hall–Kier alpha value is -3.68. The van der Waals surface area contributed by atoms with Crippen molar-refractivity contribution < 1.29 is 9.59 Å². The fourth-order valence-corrected chi connectivity index (χ4v) is 3.80. The Bertz CT molecular complexity index is 1130. The van der Waals surface area contributed by atoms with E-state index in [1.165, 1.54) is 10.9 Å². The maximum atomic E-state index is 12.5. The highest BCUT2D eigenvalue weighted by atomic mass is 16.2. The van der Waals surface area contributed by atoms with Crippen molar-refractivity contribution in [2.75, 3.05) is 23.3 Å². The van der Waals surface area contributed by atoms with Crippen molar-refractivity contribution in [3.63, 3.8) is 0 Å². The molecule has 1 aliphatic rings. The van der Waals surface area contributed by atoms with Gasteiger partial charge in [-0.05, 0) is 49.2 Å². The molecule has 154 valence electrons. The van der Waals surface area contributed by atoms with E-state index in [9.17, 15) is 14.4 Å². The summed E-state index contributed by atoms with van der Waals surface area (Å²) in [4.78, 5) is 37.9.